The van der Waals surface area contributed by atoms with E-state index in [1.165, 1.54) is 0 Å². The van der Waals surface area contributed by atoms with Crippen LogP contribution in [0.1, 0.15) is 26.7 Å². The van der Waals surface area contributed by atoms with Crippen molar-refractivity contribution in [1.29, 1.82) is 5.26 Å². The summed E-state index contributed by atoms with van der Waals surface area (Å²) in [6.45, 7) is 5.19. The van der Waals surface area contributed by atoms with E-state index in [1.807, 2.05) is 18.7 Å². The molecule has 0 heterocycles. The number of hydrogen-bond acceptors (Lipinski definition) is 3. The van der Waals surface area contributed by atoms with Crippen molar-refractivity contribution in [2.24, 2.45) is 0 Å². The second kappa shape index (κ2) is 7.45. The van der Waals surface area contributed by atoms with E-state index in [0.717, 1.165) is 19.4 Å². The van der Waals surface area contributed by atoms with Crippen molar-refractivity contribution in [3.8, 4) is 6.07 Å². The van der Waals surface area contributed by atoms with Gasteiger partial charge in [-0.2, -0.15) is 17.0 Å². The standard InChI is InChI=1S/C9H18N2S/c1-4-9(7-10)11-6-5-8(2)12-3/h8-9,11H,4-6H2,1-3H3. The van der Waals surface area contributed by atoms with E-state index in [1.54, 1.807) is 0 Å². The predicted octanol–water partition coefficient (Wildman–Crippen LogP) is 2.02. The third kappa shape index (κ3) is 5.45. The Hall–Kier alpha value is -0.200. The first-order chi connectivity index (χ1) is 5.74. The van der Waals surface area contributed by atoms with E-state index in [2.05, 4.69) is 24.6 Å². The summed E-state index contributed by atoms with van der Waals surface area (Å²) < 4.78 is 0. The first kappa shape index (κ1) is 11.8. The molecule has 2 atom stereocenters. The lowest BCUT2D eigenvalue weighted by Crippen LogP contribution is -2.28. The fraction of sp³-hybridized carbons (Fsp3) is 0.889. The summed E-state index contributed by atoms with van der Waals surface area (Å²) in [7, 11) is 0. The molecular formula is C9H18N2S. The van der Waals surface area contributed by atoms with Crippen LogP contribution in [-0.2, 0) is 0 Å². The molecular weight excluding hydrogens is 168 g/mol. The highest BCUT2D eigenvalue weighted by atomic mass is 32.2. The van der Waals surface area contributed by atoms with Gasteiger partial charge in [-0.1, -0.05) is 13.8 Å². The van der Waals surface area contributed by atoms with Gasteiger partial charge in [-0.25, -0.2) is 0 Å². The van der Waals surface area contributed by atoms with Crippen LogP contribution in [-0.4, -0.2) is 24.1 Å². The molecule has 2 nitrogen and oxygen atoms in total. The largest absolute Gasteiger partial charge is 0.302 e. The Morgan fingerprint density at radius 2 is 2.25 bits per heavy atom. The van der Waals surface area contributed by atoms with E-state index in [9.17, 15) is 0 Å². The molecule has 0 radical (unpaired) electrons. The van der Waals surface area contributed by atoms with Crippen molar-refractivity contribution >= 4 is 11.8 Å². The Balaban J connectivity index is 3.36. The van der Waals surface area contributed by atoms with Crippen LogP contribution in [0.2, 0.25) is 0 Å². The SMILES string of the molecule is CCC(C#N)NCCC(C)SC. The number of hydrogen-bond donors (Lipinski definition) is 1. The number of nitrogens with one attached hydrogen (secondary N) is 1. The number of nitriles is 1. The topological polar surface area (TPSA) is 35.8 Å². The van der Waals surface area contributed by atoms with Crippen molar-refractivity contribution in [3.63, 3.8) is 0 Å². The zero-order valence-electron chi connectivity index (χ0n) is 8.13. The molecule has 12 heavy (non-hydrogen) atoms. The van der Waals surface area contributed by atoms with Gasteiger partial charge in [-0.15, -0.1) is 0 Å². The summed E-state index contributed by atoms with van der Waals surface area (Å²) >= 11 is 1.87. The van der Waals surface area contributed by atoms with E-state index >= 15 is 0 Å². The van der Waals surface area contributed by atoms with Crippen LogP contribution in [0.5, 0.6) is 0 Å². The molecule has 0 amide bonds. The van der Waals surface area contributed by atoms with Gasteiger partial charge in [-0.05, 0) is 25.6 Å². The zero-order chi connectivity index (χ0) is 9.40. The van der Waals surface area contributed by atoms with Crippen molar-refractivity contribution in [2.45, 2.75) is 38.0 Å². The summed E-state index contributed by atoms with van der Waals surface area (Å²) in [4.78, 5) is 0. The molecule has 0 spiro atoms. The van der Waals surface area contributed by atoms with Gasteiger partial charge in [0, 0.05) is 5.25 Å². The molecule has 0 aromatic heterocycles. The summed E-state index contributed by atoms with van der Waals surface area (Å²) in [6, 6.07) is 2.27. The van der Waals surface area contributed by atoms with Crippen LogP contribution < -0.4 is 5.32 Å². The van der Waals surface area contributed by atoms with Crippen LogP contribution in [0.3, 0.4) is 0 Å². The maximum atomic E-state index is 8.63. The van der Waals surface area contributed by atoms with Gasteiger partial charge < -0.3 is 5.32 Å². The smallest absolute Gasteiger partial charge is 0.0950 e. The van der Waals surface area contributed by atoms with E-state index in [-0.39, 0.29) is 6.04 Å². The maximum absolute atomic E-state index is 8.63. The lowest BCUT2D eigenvalue weighted by molar-refractivity contribution is 0.569. The Morgan fingerprint density at radius 1 is 1.58 bits per heavy atom. The minimum atomic E-state index is 0.0408. The summed E-state index contributed by atoms with van der Waals surface area (Å²) in [5.74, 6) is 0. The highest BCUT2D eigenvalue weighted by Gasteiger charge is 2.03. The highest BCUT2D eigenvalue weighted by Crippen LogP contribution is 2.08. The van der Waals surface area contributed by atoms with Gasteiger partial charge >= 0.3 is 0 Å². The molecule has 0 fully saturated rings. The molecule has 0 aliphatic rings. The monoisotopic (exact) mass is 186 g/mol. The Morgan fingerprint density at radius 3 is 2.67 bits per heavy atom. The Bertz CT molecular complexity index is 142. The molecule has 0 rings (SSSR count). The van der Waals surface area contributed by atoms with Crippen LogP contribution in [0.4, 0.5) is 0 Å². The first-order valence-electron chi connectivity index (χ1n) is 4.40. The average Bonchev–Trinajstić information content (AvgIpc) is 2.12. The lowest BCUT2D eigenvalue weighted by atomic mass is 10.2. The van der Waals surface area contributed by atoms with Gasteiger partial charge in [0.05, 0.1) is 12.1 Å². The second-order valence-corrected chi connectivity index (χ2v) is 4.16. The molecule has 0 saturated heterocycles. The van der Waals surface area contributed by atoms with Gasteiger partial charge in [-0.3, -0.25) is 0 Å². The average molecular weight is 186 g/mol. The molecule has 0 aromatic carbocycles. The van der Waals surface area contributed by atoms with Gasteiger partial charge in [0.15, 0.2) is 0 Å². The molecule has 0 aliphatic heterocycles. The Kier molecular flexibility index (Phi) is 7.33. The van der Waals surface area contributed by atoms with E-state index in [0.29, 0.717) is 5.25 Å². The fourth-order valence-electron chi connectivity index (χ4n) is 0.860. The molecule has 0 bridgehead atoms. The minimum Gasteiger partial charge on any atom is -0.302 e. The van der Waals surface area contributed by atoms with Gasteiger partial charge in [0.25, 0.3) is 0 Å². The van der Waals surface area contributed by atoms with Crippen LogP contribution in [0.15, 0.2) is 0 Å². The summed E-state index contributed by atoms with van der Waals surface area (Å²) in [5.41, 5.74) is 0. The molecule has 0 aromatic rings. The minimum absolute atomic E-state index is 0.0408. The van der Waals surface area contributed by atoms with E-state index < -0.39 is 0 Å². The summed E-state index contributed by atoms with van der Waals surface area (Å²) in [5, 5.41) is 12.5. The lowest BCUT2D eigenvalue weighted by Gasteiger charge is -2.11. The van der Waals surface area contributed by atoms with Crippen LogP contribution in [0.25, 0.3) is 0 Å². The normalized spacial score (nSPS) is 15.2. The number of nitrogens with zero attached hydrogens (tertiary/aromatic N) is 1. The molecule has 0 aliphatic carbocycles. The van der Waals surface area contributed by atoms with Crippen LogP contribution in [0, 0.1) is 11.3 Å². The van der Waals surface area contributed by atoms with Crippen molar-refractivity contribution in [1.82, 2.24) is 5.32 Å². The summed E-state index contributed by atoms with van der Waals surface area (Å²) in [6.07, 6.45) is 4.15. The second-order valence-electron chi connectivity index (χ2n) is 2.88. The van der Waals surface area contributed by atoms with Gasteiger partial charge in [0.1, 0.15) is 0 Å². The van der Waals surface area contributed by atoms with Crippen molar-refractivity contribution in [2.75, 3.05) is 12.8 Å². The third-order valence-electron chi connectivity index (χ3n) is 1.91. The van der Waals surface area contributed by atoms with Crippen molar-refractivity contribution in [3.05, 3.63) is 0 Å². The molecule has 3 heteroatoms. The zero-order valence-corrected chi connectivity index (χ0v) is 8.95. The van der Waals surface area contributed by atoms with E-state index in [4.69, 9.17) is 5.26 Å². The van der Waals surface area contributed by atoms with Gasteiger partial charge in [0.2, 0.25) is 0 Å². The molecule has 2 unspecified atom stereocenters. The quantitative estimate of drug-likeness (QED) is 0.689. The molecule has 70 valence electrons. The highest BCUT2D eigenvalue weighted by molar-refractivity contribution is 7.99. The number of rotatable bonds is 6. The predicted molar refractivity (Wildman–Crippen MR) is 55.3 cm³/mol. The molecule has 0 saturated carbocycles. The van der Waals surface area contributed by atoms with Crippen molar-refractivity contribution < 1.29 is 0 Å². The first-order valence-corrected chi connectivity index (χ1v) is 5.69. The Labute approximate surface area is 79.7 Å². The third-order valence-corrected chi connectivity index (χ3v) is 2.95. The van der Waals surface area contributed by atoms with Crippen LogP contribution >= 0.6 is 11.8 Å². The number of thioether (sulfide) groups is 1. The maximum Gasteiger partial charge on any atom is 0.0950 e. The molecule has 1 N–H and O–H groups in total. The fourth-order valence-corrected chi connectivity index (χ4v) is 1.21.